The fourth-order valence-electron chi connectivity index (χ4n) is 4.09. The third-order valence-electron chi connectivity index (χ3n) is 5.56. The topological polar surface area (TPSA) is 66.8 Å². The van der Waals surface area contributed by atoms with Crippen molar-refractivity contribution in [3.05, 3.63) is 59.7 Å². The molecular formula is C22H27N5O. The summed E-state index contributed by atoms with van der Waals surface area (Å²) in [5.74, 6) is 0.482. The molecule has 3 aromatic rings. The first-order chi connectivity index (χ1) is 13.7. The minimum atomic E-state index is 0.0907. The number of likely N-dealkylation sites (tertiary alicyclic amines) is 1. The van der Waals surface area contributed by atoms with E-state index in [2.05, 4.69) is 53.4 Å². The first-order valence-corrected chi connectivity index (χ1v) is 10.1. The van der Waals surface area contributed by atoms with Crippen molar-refractivity contribution in [2.75, 3.05) is 13.1 Å². The zero-order valence-electron chi connectivity index (χ0n) is 16.6. The third-order valence-corrected chi connectivity index (χ3v) is 5.56. The highest BCUT2D eigenvalue weighted by atomic mass is 16.2. The van der Waals surface area contributed by atoms with Gasteiger partial charge in [0.25, 0.3) is 5.91 Å². The van der Waals surface area contributed by atoms with Crippen LogP contribution in [-0.2, 0) is 6.54 Å². The summed E-state index contributed by atoms with van der Waals surface area (Å²) in [7, 11) is 0. The van der Waals surface area contributed by atoms with Crippen LogP contribution >= 0.6 is 0 Å². The summed E-state index contributed by atoms with van der Waals surface area (Å²) in [5, 5.41) is 11.8. The van der Waals surface area contributed by atoms with Gasteiger partial charge in [-0.2, -0.15) is 10.2 Å². The number of aromatic nitrogens is 4. The molecule has 1 aromatic carbocycles. The average Bonchev–Trinajstić information content (AvgIpc) is 3.37. The first-order valence-electron chi connectivity index (χ1n) is 10.1. The monoisotopic (exact) mass is 377 g/mol. The highest BCUT2D eigenvalue weighted by molar-refractivity contribution is 5.92. The lowest BCUT2D eigenvalue weighted by Crippen LogP contribution is -2.39. The molecule has 3 heterocycles. The maximum Gasteiger partial charge on any atom is 0.272 e. The molecule has 6 heteroatoms. The van der Waals surface area contributed by atoms with E-state index in [1.807, 2.05) is 21.8 Å². The molecule has 4 rings (SSSR count). The molecule has 146 valence electrons. The van der Waals surface area contributed by atoms with E-state index in [9.17, 15) is 4.79 Å². The molecule has 0 radical (unpaired) electrons. The Labute approximate surface area is 165 Å². The zero-order valence-corrected chi connectivity index (χ0v) is 16.6. The Morgan fingerprint density at radius 2 is 2.07 bits per heavy atom. The number of hydrogen-bond acceptors (Lipinski definition) is 3. The third kappa shape index (κ3) is 3.59. The summed E-state index contributed by atoms with van der Waals surface area (Å²) in [4.78, 5) is 14.9. The molecule has 1 amide bonds. The van der Waals surface area contributed by atoms with Crippen LogP contribution in [0.5, 0.6) is 0 Å². The maximum atomic E-state index is 12.9. The van der Waals surface area contributed by atoms with Crippen molar-refractivity contribution in [2.24, 2.45) is 0 Å². The lowest BCUT2D eigenvalue weighted by atomic mass is 9.89. The molecule has 1 aliphatic rings. The highest BCUT2D eigenvalue weighted by Crippen LogP contribution is 2.34. The van der Waals surface area contributed by atoms with Gasteiger partial charge in [-0.3, -0.25) is 14.6 Å². The SMILES string of the molecule is CCCn1nccc1C(=O)N1CCC(c2[nH]ncc2-c2cccc(C)c2)CC1. The first kappa shape index (κ1) is 18.5. The number of carbonyl (C=O) groups excluding carboxylic acids is 1. The molecule has 6 nitrogen and oxygen atoms in total. The van der Waals surface area contributed by atoms with E-state index in [4.69, 9.17) is 0 Å². The Balaban J connectivity index is 1.46. The molecule has 0 atom stereocenters. The molecule has 0 spiro atoms. The van der Waals surface area contributed by atoms with E-state index < -0.39 is 0 Å². The van der Waals surface area contributed by atoms with Gasteiger partial charge in [0.15, 0.2) is 0 Å². The van der Waals surface area contributed by atoms with Gasteiger partial charge in [0, 0.05) is 43.0 Å². The van der Waals surface area contributed by atoms with Crippen molar-refractivity contribution >= 4 is 5.91 Å². The van der Waals surface area contributed by atoms with Gasteiger partial charge in [-0.1, -0.05) is 36.8 Å². The molecule has 0 bridgehead atoms. The van der Waals surface area contributed by atoms with Crippen molar-refractivity contribution in [2.45, 2.75) is 45.6 Å². The fourth-order valence-corrected chi connectivity index (χ4v) is 4.09. The summed E-state index contributed by atoms with van der Waals surface area (Å²) in [6.45, 7) is 6.49. The number of piperidine rings is 1. The second-order valence-electron chi connectivity index (χ2n) is 7.57. The van der Waals surface area contributed by atoms with Crippen molar-refractivity contribution in [1.82, 2.24) is 24.9 Å². The summed E-state index contributed by atoms with van der Waals surface area (Å²) in [6.07, 6.45) is 6.48. The maximum absolute atomic E-state index is 12.9. The smallest absolute Gasteiger partial charge is 0.272 e. The van der Waals surface area contributed by atoms with E-state index in [0.29, 0.717) is 11.6 Å². The van der Waals surface area contributed by atoms with E-state index in [1.54, 1.807) is 6.20 Å². The molecule has 0 aliphatic carbocycles. The second kappa shape index (κ2) is 8.00. The second-order valence-corrected chi connectivity index (χ2v) is 7.57. The Morgan fingerprint density at radius 1 is 1.25 bits per heavy atom. The van der Waals surface area contributed by atoms with Gasteiger partial charge in [-0.05, 0) is 37.8 Å². The van der Waals surface area contributed by atoms with Gasteiger partial charge < -0.3 is 4.90 Å². The Kier molecular flexibility index (Phi) is 5.28. The number of hydrogen-bond donors (Lipinski definition) is 1. The molecule has 1 saturated heterocycles. The van der Waals surface area contributed by atoms with Crippen LogP contribution < -0.4 is 0 Å². The van der Waals surface area contributed by atoms with Gasteiger partial charge in [-0.15, -0.1) is 0 Å². The molecular weight excluding hydrogens is 350 g/mol. The lowest BCUT2D eigenvalue weighted by molar-refractivity contribution is 0.0699. The van der Waals surface area contributed by atoms with Gasteiger partial charge in [-0.25, -0.2) is 0 Å². The van der Waals surface area contributed by atoms with E-state index in [-0.39, 0.29) is 5.91 Å². The predicted octanol–water partition coefficient (Wildman–Crippen LogP) is 4.01. The molecule has 28 heavy (non-hydrogen) atoms. The van der Waals surface area contributed by atoms with Crippen molar-refractivity contribution in [1.29, 1.82) is 0 Å². The number of aryl methyl sites for hydroxylation is 2. The van der Waals surface area contributed by atoms with Crippen molar-refractivity contribution in [3.63, 3.8) is 0 Å². The molecule has 0 saturated carbocycles. The Morgan fingerprint density at radius 3 is 2.82 bits per heavy atom. The minimum Gasteiger partial charge on any atom is -0.337 e. The summed E-state index contributed by atoms with van der Waals surface area (Å²) in [6, 6.07) is 10.4. The van der Waals surface area contributed by atoms with Crippen LogP contribution in [-0.4, -0.2) is 43.9 Å². The van der Waals surface area contributed by atoms with Crippen LogP contribution in [0.1, 0.15) is 53.8 Å². The van der Waals surface area contributed by atoms with Crippen molar-refractivity contribution in [3.8, 4) is 11.1 Å². The van der Waals surface area contributed by atoms with E-state index in [1.165, 1.54) is 22.4 Å². The molecule has 2 aromatic heterocycles. The summed E-state index contributed by atoms with van der Waals surface area (Å²) in [5.41, 5.74) is 5.50. The number of benzene rings is 1. The average molecular weight is 377 g/mol. The predicted molar refractivity (Wildman–Crippen MR) is 109 cm³/mol. The normalized spacial score (nSPS) is 15.1. The largest absolute Gasteiger partial charge is 0.337 e. The quantitative estimate of drug-likeness (QED) is 0.730. The van der Waals surface area contributed by atoms with Crippen LogP contribution in [0.4, 0.5) is 0 Å². The molecule has 1 fully saturated rings. The van der Waals surface area contributed by atoms with Gasteiger partial charge in [0.1, 0.15) is 5.69 Å². The van der Waals surface area contributed by atoms with Crippen LogP contribution in [0.15, 0.2) is 42.7 Å². The minimum absolute atomic E-state index is 0.0907. The number of amides is 1. The molecule has 1 aliphatic heterocycles. The standard InChI is InChI=1S/C22H27N5O/c1-3-11-27-20(7-10-24-27)22(28)26-12-8-17(9-13-26)21-19(15-23-25-21)18-6-4-5-16(2)14-18/h4-7,10,14-15,17H,3,8-9,11-13H2,1-2H3,(H,23,25). The number of H-pyrrole nitrogens is 1. The van der Waals surface area contributed by atoms with E-state index >= 15 is 0 Å². The van der Waals surface area contributed by atoms with Crippen LogP contribution in [0.3, 0.4) is 0 Å². The Hall–Kier alpha value is -2.89. The van der Waals surface area contributed by atoms with Crippen molar-refractivity contribution < 1.29 is 4.79 Å². The highest BCUT2D eigenvalue weighted by Gasteiger charge is 2.28. The van der Waals surface area contributed by atoms with Gasteiger partial charge >= 0.3 is 0 Å². The van der Waals surface area contributed by atoms with E-state index in [0.717, 1.165) is 38.9 Å². The van der Waals surface area contributed by atoms with Crippen LogP contribution in [0.2, 0.25) is 0 Å². The number of nitrogens with zero attached hydrogens (tertiary/aromatic N) is 4. The zero-order chi connectivity index (χ0) is 19.5. The van der Waals surface area contributed by atoms with Gasteiger partial charge in [0.2, 0.25) is 0 Å². The number of aromatic amines is 1. The number of rotatable bonds is 5. The van der Waals surface area contributed by atoms with Crippen LogP contribution in [0.25, 0.3) is 11.1 Å². The number of carbonyl (C=O) groups is 1. The Bertz CT molecular complexity index is 949. The summed E-state index contributed by atoms with van der Waals surface area (Å²) >= 11 is 0. The number of nitrogens with one attached hydrogen (secondary N) is 1. The fraction of sp³-hybridized carbons (Fsp3) is 0.409. The van der Waals surface area contributed by atoms with Gasteiger partial charge in [0.05, 0.1) is 6.20 Å². The summed E-state index contributed by atoms with van der Waals surface area (Å²) < 4.78 is 1.82. The van der Waals surface area contributed by atoms with Crippen LogP contribution in [0, 0.1) is 6.92 Å². The molecule has 1 N–H and O–H groups in total. The lowest BCUT2D eigenvalue weighted by Gasteiger charge is -2.32. The molecule has 0 unspecified atom stereocenters.